The van der Waals surface area contributed by atoms with Crippen LogP contribution in [0.5, 0.6) is 5.75 Å². The van der Waals surface area contributed by atoms with Crippen LogP contribution in [0.2, 0.25) is 5.02 Å². The van der Waals surface area contributed by atoms with E-state index in [0.29, 0.717) is 17.2 Å². The lowest BCUT2D eigenvalue weighted by molar-refractivity contribution is -0.129. The summed E-state index contributed by atoms with van der Waals surface area (Å²) in [5.41, 5.74) is 1.64. The number of halogens is 2. The van der Waals surface area contributed by atoms with Crippen molar-refractivity contribution in [2.75, 3.05) is 6.61 Å². The number of esters is 1. The Morgan fingerprint density at radius 2 is 2.12 bits per heavy atom. The lowest BCUT2D eigenvalue weighted by Gasteiger charge is -2.03. The topological polar surface area (TPSA) is 47.9 Å². The van der Waals surface area contributed by atoms with E-state index in [0.717, 1.165) is 14.9 Å². The molecule has 0 saturated carbocycles. The summed E-state index contributed by atoms with van der Waals surface area (Å²) in [6.07, 6.45) is 1.67. The van der Waals surface area contributed by atoms with Crippen LogP contribution in [0.3, 0.4) is 0 Å². The molecule has 6 heteroatoms. The van der Waals surface area contributed by atoms with Gasteiger partial charge in [0.05, 0.1) is 17.2 Å². The first-order valence-corrected chi connectivity index (χ1v) is 8.73. The Hall–Kier alpha value is -1.86. The van der Waals surface area contributed by atoms with Crippen molar-refractivity contribution in [1.29, 1.82) is 0 Å². The molecular weight excluding hydrogens is 441 g/mol. The average molecular weight is 454 g/mol. The summed E-state index contributed by atoms with van der Waals surface area (Å²) < 4.78 is 11.7. The number of hydrogen-bond acceptors (Lipinski definition) is 4. The molecule has 0 saturated heterocycles. The average Bonchev–Trinajstić information content (AvgIpc) is 2.91. The Kier molecular flexibility index (Phi) is 5.20. The second kappa shape index (κ2) is 7.36. The number of carbonyl (C=O) groups excluding carboxylic acids is 1. The largest absolute Gasteiger partial charge is 0.494 e. The van der Waals surface area contributed by atoms with Crippen molar-refractivity contribution < 1.29 is 14.3 Å². The van der Waals surface area contributed by atoms with Crippen LogP contribution in [0.15, 0.2) is 53.2 Å². The monoisotopic (exact) mass is 453 g/mol. The Labute approximate surface area is 158 Å². The zero-order valence-electron chi connectivity index (χ0n) is 12.8. The molecule has 2 aromatic rings. The van der Waals surface area contributed by atoms with Gasteiger partial charge in [0, 0.05) is 3.57 Å². The van der Waals surface area contributed by atoms with E-state index in [4.69, 9.17) is 21.1 Å². The van der Waals surface area contributed by atoms with Crippen LogP contribution in [0.1, 0.15) is 18.1 Å². The van der Waals surface area contributed by atoms with Gasteiger partial charge in [0.25, 0.3) is 0 Å². The molecule has 24 heavy (non-hydrogen) atoms. The van der Waals surface area contributed by atoms with E-state index in [-0.39, 0.29) is 11.6 Å². The Morgan fingerprint density at radius 1 is 1.29 bits per heavy atom. The molecule has 1 heterocycles. The number of hydrogen-bond donors (Lipinski definition) is 0. The fourth-order valence-electron chi connectivity index (χ4n) is 2.20. The first kappa shape index (κ1) is 17.0. The van der Waals surface area contributed by atoms with Gasteiger partial charge in [-0.25, -0.2) is 9.79 Å². The lowest BCUT2D eigenvalue weighted by atomic mass is 10.2. The molecular formula is C18H13ClINO3. The van der Waals surface area contributed by atoms with Crippen molar-refractivity contribution in [2.24, 2.45) is 4.99 Å². The third-order valence-electron chi connectivity index (χ3n) is 3.25. The maximum atomic E-state index is 12.1. The summed E-state index contributed by atoms with van der Waals surface area (Å²) in [5.74, 6) is 0.459. The quantitative estimate of drug-likeness (QED) is 0.383. The molecule has 0 amide bonds. The van der Waals surface area contributed by atoms with Gasteiger partial charge in [-0.1, -0.05) is 23.7 Å². The normalized spacial score (nSPS) is 15.4. The van der Waals surface area contributed by atoms with E-state index < -0.39 is 5.97 Å². The number of ether oxygens (including phenoxy) is 2. The summed E-state index contributed by atoms with van der Waals surface area (Å²) in [6, 6.07) is 12.9. The highest BCUT2D eigenvalue weighted by molar-refractivity contribution is 14.1. The number of nitrogens with zero attached hydrogens (tertiary/aromatic N) is 1. The van der Waals surface area contributed by atoms with Gasteiger partial charge >= 0.3 is 5.97 Å². The van der Waals surface area contributed by atoms with Gasteiger partial charge in [0.15, 0.2) is 5.70 Å². The zero-order valence-corrected chi connectivity index (χ0v) is 15.7. The second-order valence-corrected chi connectivity index (χ2v) is 6.62. The van der Waals surface area contributed by atoms with Crippen molar-refractivity contribution >= 4 is 52.1 Å². The molecule has 0 N–H and O–H groups in total. The Bertz CT molecular complexity index is 861. The maximum Gasteiger partial charge on any atom is 0.363 e. The highest BCUT2D eigenvalue weighted by Crippen LogP contribution is 2.26. The zero-order chi connectivity index (χ0) is 17.1. The molecule has 0 spiro atoms. The van der Waals surface area contributed by atoms with Crippen LogP contribution < -0.4 is 4.74 Å². The number of aliphatic imine (C=N–C) groups is 1. The molecule has 1 aliphatic heterocycles. The highest BCUT2D eigenvalue weighted by atomic mass is 127. The summed E-state index contributed by atoms with van der Waals surface area (Å²) in [6.45, 7) is 2.50. The molecule has 1 aliphatic rings. The van der Waals surface area contributed by atoms with Crippen LogP contribution in [0.25, 0.3) is 6.08 Å². The van der Waals surface area contributed by atoms with Gasteiger partial charge in [-0.15, -0.1) is 0 Å². The molecule has 0 atom stereocenters. The maximum absolute atomic E-state index is 12.1. The van der Waals surface area contributed by atoms with Crippen LogP contribution in [0, 0.1) is 3.57 Å². The molecule has 2 aromatic carbocycles. The van der Waals surface area contributed by atoms with Crippen LogP contribution >= 0.6 is 34.2 Å². The number of cyclic esters (lactones) is 1. The number of rotatable bonds is 4. The number of benzene rings is 2. The fourth-order valence-corrected chi connectivity index (χ4v) is 2.89. The molecule has 0 unspecified atom stereocenters. The van der Waals surface area contributed by atoms with Crippen molar-refractivity contribution in [3.05, 3.63) is 67.9 Å². The second-order valence-electron chi connectivity index (χ2n) is 4.97. The van der Waals surface area contributed by atoms with Gasteiger partial charge in [-0.2, -0.15) is 0 Å². The van der Waals surface area contributed by atoms with Crippen LogP contribution in [-0.2, 0) is 9.53 Å². The van der Waals surface area contributed by atoms with Gasteiger partial charge < -0.3 is 9.47 Å². The standard InChI is InChI=1S/C18H13ClINO3/c1-2-23-13-5-3-4-11(8-13)9-16-18(22)24-17(21-16)14-10-12(20)6-7-15(14)19/h3-10H,2H2,1H3. The van der Waals surface area contributed by atoms with Gasteiger partial charge in [-0.3, -0.25) is 0 Å². The van der Waals surface area contributed by atoms with E-state index in [1.54, 1.807) is 12.1 Å². The summed E-state index contributed by atoms with van der Waals surface area (Å²) in [4.78, 5) is 16.4. The molecule has 0 aliphatic carbocycles. The SMILES string of the molecule is CCOc1cccc(C=C2N=C(c3cc(I)ccc3Cl)OC2=O)c1. The van der Waals surface area contributed by atoms with Gasteiger partial charge in [-0.05, 0) is 71.5 Å². The smallest absolute Gasteiger partial charge is 0.363 e. The molecule has 0 radical (unpaired) electrons. The first-order chi connectivity index (χ1) is 11.6. The summed E-state index contributed by atoms with van der Waals surface area (Å²) in [5, 5.41) is 0.488. The van der Waals surface area contributed by atoms with Crippen LogP contribution in [0.4, 0.5) is 0 Å². The van der Waals surface area contributed by atoms with Crippen molar-refractivity contribution in [2.45, 2.75) is 6.92 Å². The molecule has 0 fully saturated rings. The first-order valence-electron chi connectivity index (χ1n) is 7.27. The lowest BCUT2D eigenvalue weighted by Crippen LogP contribution is -2.06. The fraction of sp³-hybridized carbons (Fsp3) is 0.111. The van der Waals surface area contributed by atoms with E-state index >= 15 is 0 Å². The molecule has 3 rings (SSSR count). The minimum Gasteiger partial charge on any atom is -0.494 e. The predicted octanol–water partition coefficient (Wildman–Crippen LogP) is 4.69. The Balaban J connectivity index is 1.94. The van der Waals surface area contributed by atoms with Gasteiger partial charge in [0.2, 0.25) is 5.90 Å². The highest BCUT2D eigenvalue weighted by Gasteiger charge is 2.25. The predicted molar refractivity (Wildman–Crippen MR) is 102 cm³/mol. The Morgan fingerprint density at radius 3 is 2.92 bits per heavy atom. The molecule has 0 aromatic heterocycles. The van der Waals surface area contributed by atoms with Crippen molar-refractivity contribution in [3.63, 3.8) is 0 Å². The van der Waals surface area contributed by atoms with E-state index in [9.17, 15) is 4.79 Å². The van der Waals surface area contributed by atoms with Crippen LogP contribution in [-0.4, -0.2) is 18.5 Å². The molecule has 4 nitrogen and oxygen atoms in total. The third kappa shape index (κ3) is 3.79. The molecule has 0 bridgehead atoms. The summed E-state index contributed by atoms with van der Waals surface area (Å²) in [7, 11) is 0. The van der Waals surface area contributed by atoms with Crippen molar-refractivity contribution in [1.82, 2.24) is 0 Å². The minimum absolute atomic E-state index is 0.218. The molecule has 122 valence electrons. The van der Waals surface area contributed by atoms with E-state index in [1.165, 1.54) is 0 Å². The summed E-state index contributed by atoms with van der Waals surface area (Å²) >= 11 is 8.34. The van der Waals surface area contributed by atoms with E-state index in [2.05, 4.69) is 27.6 Å². The van der Waals surface area contributed by atoms with Gasteiger partial charge in [0.1, 0.15) is 5.75 Å². The number of carbonyl (C=O) groups is 1. The van der Waals surface area contributed by atoms with E-state index in [1.807, 2.05) is 43.3 Å². The minimum atomic E-state index is -0.498. The van der Waals surface area contributed by atoms with Crippen molar-refractivity contribution in [3.8, 4) is 5.75 Å². The third-order valence-corrected chi connectivity index (χ3v) is 4.25.